The summed E-state index contributed by atoms with van der Waals surface area (Å²) in [6, 6.07) is 16.0. The molecule has 3 heterocycles. The lowest BCUT2D eigenvalue weighted by atomic mass is 9.68. The van der Waals surface area contributed by atoms with Crippen molar-refractivity contribution in [2.45, 2.75) is 61.3 Å². The number of amides is 1. The van der Waals surface area contributed by atoms with Gasteiger partial charge in [-0.15, -0.1) is 11.8 Å². The SMILES string of the molecule is O=C1Nc2cccc3c2C1(CCCCN1CCN(C2CCSc4ccccc42)CC1)CCC3. The summed E-state index contributed by atoms with van der Waals surface area (Å²) < 4.78 is 0. The van der Waals surface area contributed by atoms with E-state index >= 15 is 0 Å². The largest absolute Gasteiger partial charge is 0.325 e. The molecule has 33 heavy (non-hydrogen) atoms. The van der Waals surface area contributed by atoms with Crippen LogP contribution in [0.3, 0.4) is 0 Å². The van der Waals surface area contributed by atoms with Crippen LogP contribution in [-0.2, 0) is 16.6 Å². The first kappa shape index (κ1) is 21.7. The zero-order chi connectivity index (χ0) is 22.3. The number of fused-ring (bicyclic) bond motifs is 1. The second-order valence-electron chi connectivity index (χ2n) is 10.3. The third-order valence-corrected chi connectivity index (χ3v) is 9.59. The molecule has 0 bridgehead atoms. The van der Waals surface area contributed by atoms with Gasteiger partial charge in [-0.2, -0.15) is 0 Å². The molecule has 1 saturated heterocycles. The Bertz CT molecular complexity index is 1030. The van der Waals surface area contributed by atoms with Gasteiger partial charge in [-0.05, 0) is 79.6 Å². The van der Waals surface area contributed by atoms with E-state index in [4.69, 9.17) is 0 Å². The molecule has 1 aliphatic carbocycles. The molecule has 2 atom stereocenters. The van der Waals surface area contributed by atoms with Gasteiger partial charge >= 0.3 is 0 Å². The fourth-order valence-corrected chi connectivity index (χ4v) is 7.89. The second kappa shape index (κ2) is 9.09. The summed E-state index contributed by atoms with van der Waals surface area (Å²) in [7, 11) is 0. The van der Waals surface area contributed by atoms with Crippen molar-refractivity contribution >= 4 is 23.4 Å². The number of nitrogens with one attached hydrogen (secondary N) is 1. The average Bonchev–Trinajstić information content (AvgIpc) is 3.15. The predicted molar refractivity (Wildman–Crippen MR) is 136 cm³/mol. The number of benzene rings is 2. The Morgan fingerprint density at radius 1 is 1.03 bits per heavy atom. The number of unbranched alkanes of at least 4 members (excludes halogenated alkanes) is 1. The van der Waals surface area contributed by atoms with Crippen molar-refractivity contribution in [3.8, 4) is 0 Å². The average molecular weight is 462 g/mol. The quantitative estimate of drug-likeness (QED) is 0.597. The van der Waals surface area contributed by atoms with Gasteiger partial charge in [-0.3, -0.25) is 9.69 Å². The fraction of sp³-hybridized carbons (Fsp3) is 0.536. The maximum absolute atomic E-state index is 13.0. The van der Waals surface area contributed by atoms with E-state index in [1.54, 1.807) is 5.56 Å². The molecule has 5 heteroatoms. The maximum Gasteiger partial charge on any atom is 0.235 e. The second-order valence-corrected chi connectivity index (χ2v) is 11.4. The molecule has 4 aliphatic rings. The van der Waals surface area contributed by atoms with Gasteiger partial charge < -0.3 is 10.2 Å². The smallest absolute Gasteiger partial charge is 0.235 e. The topological polar surface area (TPSA) is 35.6 Å². The Morgan fingerprint density at radius 3 is 2.82 bits per heavy atom. The number of carbonyl (C=O) groups is 1. The van der Waals surface area contributed by atoms with Crippen LogP contribution < -0.4 is 5.32 Å². The third kappa shape index (κ3) is 3.92. The molecule has 4 nitrogen and oxygen atoms in total. The number of piperazine rings is 1. The lowest BCUT2D eigenvalue weighted by molar-refractivity contribution is -0.121. The Balaban J connectivity index is 1.01. The highest BCUT2D eigenvalue weighted by atomic mass is 32.2. The standard InChI is InChI=1S/C28H35N3OS/c32-27-28(14-6-8-21-7-5-10-23(29-27)26(21)28)13-3-4-15-30-16-18-31(19-17-30)24-12-20-33-25-11-2-1-9-22(24)25/h1-2,5,7,9-11,24H,3-4,6,8,12-20H2,(H,29,32). The first-order valence-electron chi connectivity index (χ1n) is 12.9. The van der Waals surface area contributed by atoms with Crippen LogP contribution in [0.4, 0.5) is 5.69 Å². The Morgan fingerprint density at radius 2 is 1.91 bits per heavy atom. The molecule has 3 aliphatic heterocycles. The minimum Gasteiger partial charge on any atom is -0.325 e. The monoisotopic (exact) mass is 461 g/mol. The number of carbonyl (C=O) groups excluding carboxylic acids is 1. The molecule has 174 valence electrons. The summed E-state index contributed by atoms with van der Waals surface area (Å²) in [5.74, 6) is 1.49. The highest BCUT2D eigenvalue weighted by Crippen LogP contribution is 2.49. The van der Waals surface area contributed by atoms with E-state index in [1.165, 1.54) is 60.8 Å². The molecule has 1 amide bonds. The van der Waals surface area contributed by atoms with Crippen molar-refractivity contribution in [2.75, 3.05) is 43.8 Å². The molecule has 2 aromatic rings. The number of thioether (sulfide) groups is 1. The van der Waals surface area contributed by atoms with Crippen LogP contribution in [0.1, 0.15) is 61.3 Å². The Hall–Kier alpha value is -1.82. The van der Waals surface area contributed by atoms with Crippen molar-refractivity contribution in [3.05, 3.63) is 59.2 Å². The highest BCUT2D eigenvalue weighted by molar-refractivity contribution is 7.99. The van der Waals surface area contributed by atoms with Gasteiger partial charge in [0.1, 0.15) is 0 Å². The number of hydrogen-bond donors (Lipinski definition) is 1. The molecule has 2 aromatic carbocycles. The maximum atomic E-state index is 13.0. The summed E-state index contributed by atoms with van der Waals surface area (Å²) >= 11 is 2.02. The molecule has 1 N–H and O–H groups in total. The number of nitrogens with zero attached hydrogens (tertiary/aromatic N) is 2. The minimum atomic E-state index is -0.255. The summed E-state index contributed by atoms with van der Waals surface area (Å²) in [4.78, 5) is 19.9. The van der Waals surface area contributed by atoms with E-state index < -0.39 is 0 Å². The van der Waals surface area contributed by atoms with Crippen molar-refractivity contribution < 1.29 is 4.79 Å². The summed E-state index contributed by atoms with van der Waals surface area (Å²) in [6.45, 7) is 5.85. The van der Waals surface area contributed by atoms with Crippen LogP contribution in [0.5, 0.6) is 0 Å². The van der Waals surface area contributed by atoms with Gasteiger partial charge in [0.15, 0.2) is 0 Å². The zero-order valence-electron chi connectivity index (χ0n) is 19.5. The van der Waals surface area contributed by atoms with E-state index in [0.29, 0.717) is 6.04 Å². The van der Waals surface area contributed by atoms with Gasteiger partial charge in [0.25, 0.3) is 0 Å². The number of aryl methyl sites for hydroxylation is 1. The van der Waals surface area contributed by atoms with Crippen molar-refractivity contribution in [1.82, 2.24) is 9.80 Å². The normalized spacial score (nSPS) is 27.2. The number of rotatable bonds is 6. The van der Waals surface area contributed by atoms with Gasteiger partial charge in [0.2, 0.25) is 5.91 Å². The zero-order valence-corrected chi connectivity index (χ0v) is 20.3. The van der Waals surface area contributed by atoms with Crippen molar-refractivity contribution in [3.63, 3.8) is 0 Å². The highest BCUT2D eigenvalue weighted by Gasteiger charge is 2.48. The van der Waals surface area contributed by atoms with E-state index in [9.17, 15) is 4.79 Å². The van der Waals surface area contributed by atoms with Crippen LogP contribution in [0.2, 0.25) is 0 Å². The summed E-state index contributed by atoms with van der Waals surface area (Å²) in [6.07, 6.45) is 7.87. The summed E-state index contributed by atoms with van der Waals surface area (Å²) in [5.41, 5.74) is 5.10. The molecule has 2 unspecified atom stereocenters. The van der Waals surface area contributed by atoms with Crippen molar-refractivity contribution in [2.24, 2.45) is 0 Å². The molecular formula is C28H35N3OS. The Labute approximate surface area is 202 Å². The van der Waals surface area contributed by atoms with Crippen molar-refractivity contribution in [1.29, 1.82) is 0 Å². The summed E-state index contributed by atoms with van der Waals surface area (Å²) in [5, 5.41) is 3.20. The number of anilines is 1. The van der Waals surface area contributed by atoms with Gasteiger partial charge in [0, 0.05) is 42.8 Å². The molecular weight excluding hydrogens is 426 g/mol. The van der Waals surface area contributed by atoms with E-state index in [1.807, 2.05) is 11.8 Å². The third-order valence-electron chi connectivity index (χ3n) is 8.46. The molecule has 0 radical (unpaired) electrons. The predicted octanol–water partition coefficient (Wildman–Crippen LogP) is 5.24. The molecule has 0 saturated carbocycles. The van der Waals surface area contributed by atoms with Crippen LogP contribution in [-0.4, -0.2) is 54.2 Å². The van der Waals surface area contributed by atoms with E-state index in [-0.39, 0.29) is 11.3 Å². The van der Waals surface area contributed by atoms with E-state index in [0.717, 1.165) is 44.3 Å². The molecule has 6 rings (SSSR count). The van der Waals surface area contributed by atoms with Gasteiger partial charge in [0.05, 0.1) is 5.41 Å². The lowest BCUT2D eigenvalue weighted by Crippen LogP contribution is -2.48. The lowest BCUT2D eigenvalue weighted by Gasteiger charge is -2.41. The van der Waals surface area contributed by atoms with Gasteiger partial charge in [-0.25, -0.2) is 0 Å². The van der Waals surface area contributed by atoms with Crippen LogP contribution in [0, 0.1) is 0 Å². The van der Waals surface area contributed by atoms with Crippen LogP contribution in [0.25, 0.3) is 0 Å². The van der Waals surface area contributed by atoms with E-state index in [2.05, 4.69) is 57.6 Å². The first-order valence-corrected chi connectivity index (χ1v) is 13.9. The molecule has 0 aromatic heterocycles. The minimum absolute atomic E-state index is 0.254. The van der Waals surface area contributed by atoms with Gasteiger partial charge in [-0.1, -0.05) is 36.8 Å². The molecule has 0 spiro atoms. The molecule has 1 fully saturated rings. The fourth-order valence-electron chi connectivity index (χ4n) is 6.78. The van der Waals surface area contributed by atoms with Crippen LogP contribution >= 0.6 is 11.8 Å². The van der Waals surface area contributed by atoms with Crippen LogP contribution in [0.15, 0.2) is 47.4 Å². The Kier molecular flexibility index (Phi) is 5.97. The number of hydrogen-bond acceptors (Lipinski definition) is 4. The first-order chi connectivity index (χ1) is 16.2.